The summed E-state index contributed by atoms with van der Waals surface area (Å²) >= 11 is 7.04. The zero-order chi connectivity index (χ0) is 11.5. The van der Waals surface area contributed by atoms with E-state index >= 15 is 0 Å². The van der Waals surface area contributed by atoms with Crippen LogP contribution in [0.15, 0.2) is 21.2 Å². The summed E-state index contributed by atoms with van der Waals surface area (Å²) < 4.78 is 2.12. The van der Waals surface area contributed by atoms with Crippen molar-refractivity contribution in [3.8, 4) is 0 Å². The molecule has 2 nitrogen and oxygen atoms in total. The molecule has 1 atom stereocenters. The van der Waals surface area contributed by atoms with Gasteiger partial charge in [-0.25, -0.2) is 0 Å². The minimum atomic E-state index is 0.419. The SMILES string of the molecule is CCCNC(c1ncc(Br)cc1Br)C1CC1. The summed E-state index contributed by atoms with van der Waals surface area (Å²) in [7, 11) is 0. The molecule has 0 spiro atoms. The van der Waals surface area contributed by atoms with E-state index in [1.807, 2.05) is 6.20 Å². The second-order valence-electron chi connectivity index (χ2n) is 4.29. The molecule has 1 aliphatic carbocycles. The minimum absolute atomic E-state index is 0.419. The van der Waals surface area contributed by atoms with Gasteiger partial charge in [0.05, 0.1) is 11.7 Å². The summed E-state index contributed by atoms with van der Waals surface area (Å²) in [6.45, 7) is 3.26. The summed E-state index contributed by atoms with van der Waals surface area (Å²) in [6.07, 6.45) is 5.69. The van der Waals surface area contributed by atoms with Crippen LogP contribution in [-0.4, -0.2) is 11.5 Å². The molecule has 0 radical (unpaired) electrons. The average Bonchev–Trinajstić information content (AvgIpc) is 3.05. The third-order valence-corrected chi connectivity index (χ3v) is 3.91. The van der Waals surface area contributed by atoms with Gasteiger partial charge >= 0.3 is 0 Å². The van der Waals surface area contributed by atoms with Gasteiger partial charge in [0.1, 0.15) is 0 Å². The lowest BCUT2D eigenvalue weighted by molar-refractivity contribution is 0.469. The van der Waals surface area contributed by atoms with Crippen LogP contribution in [0.5, 0.6) is 0 Å². The van der Waals surface area contributed by atoms with E-state index in [4.69, 9.17) is 0 Å². The van der Waals surface area contributed by atoms with Crippen LogP contribution in [0, 0.1) is 5.92 Å². The third kappa shape index (κ3) is 3.05. The number of nitrogens with zero attached hydrogens (tertiary/aromatic N) is 1. The molecule has 1 aromatic rings. The molecule has 16 heavy (non-hydrogen) atoms. The Hall–Kier alpha value is 0.0700. The molecular formula is C12H16Br2N2. The Balaban J connectivity index is 2.17. The Labute approximate surface area is 113 Å². The summed E-state index contributed by atoms with van der Waals surface area (Å²) in [5.74, 6) is 0.775. The Morgan fingerprint density at radius 1 is 1.50 bits per heavy atom. The highest BCUT2D eigenvalue weighted by Crippen LogP contribution is 2.42. The van der Waals surface area contributed by atoms with Crippen molar-refractivity contribution in [2.45, 2.75) is 32.2 Å². The predicted molar refractivity (Wildman–Crippen MR) is 73.4 cm³/mol. The van der Waals surface area contributed by atoms with Crippen LogP contribution < -0.4 is 5.32 Å². The van der Waals surface area contributed by atoms with Crippen molar-refractivity contribution < 1.29 is 0 Å². The molecule has 1 aromatic heterocycles. The van der Waals surface area contributed by atoms with Crippen LogP contribution in [0.25, 0.3) is 0 Å². The van der Waals surface area contributed by atoms with E-state index in [0.29, 0.717) is 6.04 Å². The summed E-state index contributed by atoms with van der Waals surface area (Å²) in [5, 5.41) is 3.60. The van der Waals surface area contributed by atoms with Crippen LogP contribution in [0.3, 0.4) is 0 Å². The monoisotopic (exact) mass is 346 g/mol. The number of hydrogen-bond donors (Lipinski definition) is 1. The largest absolute Gasteiger partial charge is 0.308 e. The van der Waals surface area contributed by atoms with E-state index in [1.165, 1.54) is 12.8 Å². The molecule has 0 bridgehead atoms. The first-order valence-electron chi connectivity index (χ1n) is 5.76. The highest BCUT2D eigenvalue weighted by molar-refractivity contribution is 9.11. The van der Waals surface area contributed by atoms with Gasteiger partial charge < -0.3 is 5.32 Å². The van der Waals surface area contributed by atoms with E-state index in [9.17, 15) is 0 Å². The lowest BCUT2D eigenvalue weighted by Crippen LogP contribution is -2.25. The molecule has 0 aliphatic heterocycles. The molecule has 0 amide bonds. The highest BCUT2D eigenvalue weighted by atomic mass is 79.9. The Morgan fingerprint density at radius 2 is 2.25 bits per heavy atom. The first kappa shape index (κ1) is 12.5. The van der Waals surface area contributed by atoms with E-state index < -0.39 is 0 Å². The zero-order valence-electron chi connectivity index (χ0n) is 9.34. The molecule has 0 saturated heterocycles. The van der Waals surface area contributed by atoms with Crippen LogP contribution in [0.4, 0.5) is 0 Å². The average molecular weight is 348 g/mol. The molecule has 1 N–H and O–H groups in total. The Morgan fingerprint density at radius 3 is 2.81 bits per heavy atom. The summed E-state index contributed by atoms with van der Waals surface area (Å²) in [5.41, 5.74) is 1.15. The van der Waals surface area contributed by atoms with Gasteiger partial charge in [-0.3, -0.25) is 4.98 Å². The molecule has 1 heterocycles. The zero-order valence-corrected chi connectivity index (χ0v) is 12.5. The van der Waals surface area contributed by atoms with Crippen molar-refractivity contribution in [3.63, 3.8) is 0 Å². The quantitative estimate of drug-likeness (QED) is 0.868. The molecule has 1 fully saturated rings. The summed E-state index contributed by atoms with van der Waals surface area (Å²) in [6, 6.07) is 2.49. The molecular weight excluding hydrogens is 332 g/mol. The molecule has 2 rings (SSSR count). The number of aromatic nitrogens is 1. The van der Waals surface area contributed by atoms with Gasteiger partial charge in [0, 0.05) is 15.1 Å². The van der Waals surface area contributed by atoms with Gasteiger partial charge in [-0.1, -0.05) is 6.92 Å². The lowest BCUT2D eigenvalue weighted by atomic mass is 10.1. The number of halogens is 2. The van der Waals surface area contributed by atoms with E-state index in [1.54, 1.807) is 0 Å². The number of pyridine rings is 1. The van der Waals surface area contributed by atoms with E-state index in [0.717, 1.165) is 33.5 Å². The van der Waals surface area contributed by atoms with Crippen LogP contribution >= 0.6 is 31.9 Å². The standard InChI is InChI=1S/C12H16Br2N2/c1-2-5-15-11(8-3-4-8)12-10(14)6-9(13)7-16-12/h6-8,11,15H,2-5H2,1H3. The number of rotatable bonds is 5. The van der Waals surface area contributed by atoms with Crippen molar-refractivity contribution in [3.05, 3.63) is 26.9 Å². The topological polar surface area (TPSA) is 24.9 Å². The first-order chi connectivity index (χ1) is 7.72. The Bertz CT molecular complexity index is 364. The fraction of sp³-hybridized carbons (Fsp3) is 0.583. The van der Waals surface area contributed by atoms with Gasteiger partial charge in [0.25, 0.3) is 0 Å². The van der Waals surface area contributed by atoms with Gasteiger partial charge in [0.15, 0.2) is 0 Å². The second kappa shape index (κ2) is 5.61. The van der Waals surface area contributed by atoms with Crippen molar-refractivity contribution in [1.82, 2.24) is 10.3 Å². The highest BCUT2D eigenvalue weighted by Gasteiger charge is 2.33. The molecule has 1 unspecified atom stereocenters. The molecule has 88 valence electrons. The van der Waals surface area contributed by atoms with E-state index in [2.05, 4.69) is 55.2 Å². The smallest absolute Gasteiger partial charge is 0.0718 e. The first-order valence-corrected chi connectivity index (χ1v) is 7.35. The molecule has 0 aromatic carbocycles. The van der Waals surface area contributed by atoms with E-state index in [-0.39, 0.29) is 0 Å². The molecule has 1 saturated carbocycles. The number of hydrogen-bond acceptors (Lipinski definition) is 2. The Kier molecular flexibility index (Phi) is 4.39. The second-order valence-corrected chi connectivity index (χ2v) is 6.06. The fourth-order valence-electron chi connectivity index (χ4n) is 1.87. The maximum Gasteiger partial charge on any atom is 0.0718 e. The summed E-state index contributed by atoms with van der Waals surface area (Å²) in [4.78, 5) is 4.54. The molecule has 4 heteroatoms. The lowest BCUT2D eigenvalue weighted by Gasteiger charge is -2.18. The van der Waals surface area contributed by atoms with Crippen molar-refractivity contribution >= 4 is 31.9 Å². The van der Waals surface area contributed by atoms with Gasteiger partial charge in [-0.15, -0.1) is 0 Å². The fourth-order valence-corrected chi connectivity index (χ4v) is 3.10. The van der Waals surface area contributed by atoms with Crippen molar-refractivity contribution in [2.75, 3.05) is 6.54 Å². The normalized spacial score (nSPS) is 17.4. The predicted octanol–water partition coefficient (Wildman–Crippen LogP) is 4.06. The maximum absolute atomic E-state index is 4.54. The van der Waals surface area contributed by atoms with Crippen molar-refractivity contribution in [2.24, 2.45) is 5.92 Å². The maximum atomic E-state index is 4.54. The van der Waals surface area contributed by atoms with Gasteiger partial charge in [-0.2, -0.15) is 0 Å². The molecule has 1 aliphatic rings. The van der Waals surface area contributed by atoms with Crippen molar-refractivity contribution in [1.29, 1.82) is 0 Å². The minimum Gasteiger partial charge on any atom is -0.308 e. The van der Waals surface area contributed by atoms with Crippen LogP contribution in [-0.2, 0) is 0 Å². The third-order valence-electron chi connectivity index (χ3n) is 2.84. The van der Waals surface area contributed by atoms with Gasteiger partial charge in [0.2, 0.25) is 0 Å². The van der Waals surface area contributed by atoms with Crippen LogP contribution in [0.2, 0.25) is 0 Å². The number of nitrogens with one attached hydrogen (secondary N) is 1. The van der Waals surface area contributed by atoms with Crippen LogP contribution in [0.1, 0.15) is 37.9 Å². The van der Waals surface area contributed by atoms with Gasteiger partial charge in [-0.05, 0) is 69.7 Å².